The molecular formula is C24H20O2. The van der Waals surface area contributed by atoms with Gasteiger partial charge in [-0.3, -0.25) is 4.79 Å². The zero-order chi connectivity index (χ0) is 18.1. The molecule has 0 heterocycles. The molecule has 0 aliphatic heterocycles. The summed E-state index contributed by atoms with van der Waals surface area (Å²) in [6.45, 7) is 1.81. The van der Waals surface area contributed by atoms with E-state index in [1.807, 2.05) is 97.9 Å². The lowest BCUT2D eigenvalue weighted by Crippen LogP contribution is -2.33. The van der Waals surface area contributed by atoms with Crippen molar-refractivity contribution in [2.45, 2.75) is 12.5 Å². The molecule has 0 spiro atoms. The Morgan fingerprint density at radius 3 is 1.73 bits per heavy atom. The van der Waals surface area contributed by atoms with Crippen molar-refractivity contribution in [3.05, 3.63) is 108 Å². The smallest absolute Gasteiger partial charge is 0.170 e. The molecule has 0 radical (unpaired) electrons. The van der Waals surface area contributed by atoms with E-state index >= 15 is 0 Å². The first kappa shape index (κ1) is 16.5. The van der Waals surface area contributed by atoms with Gasteiger partial charge in [0.05, 0.1) is 5.92 Å². The molecule has 26 heavy (non-hydrogen) atoms. The SMILES string of the molecule is C[C@H]1C(=O)C(c2ccccc2)=C(c2ccccc2)[C@]1(O)c1ccccc1. The lowest BCUT2D eigenvalue weighted by Gasteiger charge is -2.31. The summed E-state index contributed by atoms with van der Waals surface area (Å²) in [5.74, 6) is -0.586. The molecule has 0 bridgehead atoms. The minimum Gasteiger partial charge on any atom is -0.380 e. The van der Waals surface area contributed by atoms with E-state index in [1.54, 1.807) is 0 Å². The Balaban J connectivity index is 2.06. The second-order valence-electron chi connectivity index (χ2n) is 6.70. The molecule has 1 aliphatic carbocycles. The van der Waals surface area contributed by atoms with Crippen molar-refractivity contribution in [2.24, 2.45) is 5.92 Å². The summed E-state index contributed by atoms with van der Waals surface area (Å²) >= 11 is 0. The Morgan fingerprint density at radius 1 is 0.731 bits per heavy atom. The quantitative estimate of drug-likeness (QED) is 0.750. The molecule has 3 aromatic rings. The van der Waals surface area contributed by atoms with Crippen LogP contribution in [0.3, 0.4) is 0 Å². The summed E-state index contributed by atoms with van der Waals surface area (Å²) in [7, 11) is 0. The molecule has 128 valence electrons. The van der Waals surface area contributed by atoms with Gasteiger partial charge in [-0.15, -0.1) is 0 Å². The van der Waals surface area contributed by atoms with E-state index in [1.165, 1.54) is 0 Å². The first-order valence-electron chi connectivity index (χ1n) is 8.81. The Labute approximate surface area is 153 Å². The van der Waals surface area contributed by atoms with Gasteiger partial charge in [0.25, 0.3) is 0 Å². The van der Waals surface area contributed by atoms with Gasteiger partial charge < -0.3 is 5.11 Å². The number of aliphatic hydroxyl groups is 1. The number of carbonyl (C=O) groups excluding carboxylic acids is 1. The average Bonchev–Trinajstić information content (AvgIpc) is 2.92. The number of ketones is 1. The normalized spacial score (nSPS) is 22.7. The van der Waals surface area contributed by atoms with Gasteiger partial charge in [-0.1, -0.05) is 97.9 Å². The Bertz CT molecular complexity index is 959. The first-order chi connectivity index (χ1) is 12.6. The van der Waals surface area contributed by atoms with Crippen LogP contribution in [0.4, 0.5) is 0 Å². The fourth-order valence-electron chi connectivity index (χ4n) is 3.88. The fraction of sp³-hybridized carbons (Fsp3) is 0.125. The molecule has 0 saturated carbocycles. The van der Waals surface area contributed by atoms with Crippen LogP contribution in [0.2, 0.25) is 0 Å². The highest BCUT2D eigenvalue weighted by atomic mass is 16.3. The van der Waals surface area contributed by atoms with Crippen LogP contribution in [0.15, 0.2) is 91.0 Å². The Morgan fingerprint density at radius 2 is 1.19 bits per heavy atom. The minimum absolute atomic E-state index is 0.0265. The van der Waals surface area contributed by atoms with Gasteiger partial charge in [0, 0.05) is 11.1 Å². The number of Topliss-reactive ketones (excluding diaryl/α,β-unsaturated/α-hetero) is 1. The second-order valence-corrected chi connectivity index (χ2v) is 6.70. The molecule has 2 atom stereocenters. The number of carbonyl (C=O) groups is 1. The van der Waals surface area contributed by atoms with Crippen molar-refractivity contribution >= 4 is 16.9 Å². The maximum Gasteiger partial charge on any atom is 0.170 e. The van der Waals surface area contributed by atoms with E-state index in [0.717, 1.165) is 16.7 Å². The highest BCUT2D eigenvalue weighted by molar-refractivity contribution is 6.33. The molecule has 1 aliphatic rings. The van der Waals surface area contributed by atoms with Crippen molar-refractivity contribution < 1.29 is 9.90 Å². The molecule has 0 unspecified atom stereocenters. The standard InChI is InChI=1S/C24H20O2/c1-17-23(25)21(18-11-5-2-6-12-18)22(19-13-7-3-8-14-19)24(17,26)20-15-9-4-10-16-20/h2-17,26H,1H3/t17-,24+/m0/s1. The summed E-state index contributed by atoms with van der Waals surface area (Å²) in [6.07, 6.45) is 0. The van der Waals surface area contributed by atoms with Gasteiger partial charge >= 0.3 is 0 Å². The number of rotatable bonds is 3. The Hall–Kier alpha value is -2.97. The van der Waals surface area contributed by atoms with Crippen LogP contribution in [0.5, 0.6) is 0 Å². The van der Waals surface area contributed by atoms with E-state index in [9.17, 15) is 9.90 Å². The topological polar surface area (TPSA) is 37.3 Å². The van der Waals surface area contributed by atoms with Crippen LogP contribution >= 0.6 is 0 Å². The van der Waals surface area contributed by atoms with Crippen molar-refractivity contribution in [1.82, 2.24) is 0 Å². The van der Waals surface area contributed by atoms with E-state index in [4.69, 9.17) is 0 Å². The molecule has 0 fully saturated rings. The van der Waals surface area contributed by atoms with Crippen molar-refractivity contribution in [2.75, 3.05) is 0 Å². The maximum atomic E-state index is 13.3. The molecule has 0 saturated heterocycles. The molecule has 3 aromatic carbocycles. The van der Waals surface area contributed by atoms with Crippen molar-refractivity contribution in [3.63, 3.8) is 0 Å². The lowest BCUT2D eigenvalue weighted by molar-refractivity contribution is -0.121. The largest absolute Gasteiger partial charge is 0.380 e. The molecule has 0 aromatic heterocycles. The van der Waals surface area contributed by atoms with Crippen LogP contribution < -0.4 is 0 Å². The van der Waals surface area contributed by atoms with Gasteiger partial charge in [-0.05, 0) is 16.7 Å². The minimum atomic E-state index is -1.36. The van der Waals surface area contributed by atoms with E-state index in [2.05, 4.69) is 0 Å². The van der Waals surface area contributed by atoms with Gasteiger partial charge in [0.2, 0.25) is 0 Å². The van der Waals surface area contributed by atoms with Crippen LogP contribution in [-0.4, -0.2) is 10.9 Å². The summed E-state index contributed by atoms with van der Waals surface area (Å²) in [5.41, 5.74) is 2.39. The average molecular weight is 340 g/mol. The third-order valence-corrected chi connectivity index (χ3v) is 5.24. The number of allylic oxidation sites excluding steroid dienone is 1. The predicted molar refractivity (Wildman–Crippen MR) is 104 cm³/mol. The highest BCUT2D eigenvalue weighted by Gasteiger charge is 2.52. The molecular weight excluding hydrogens is 320 g/mol. The van der Waals surface area contributed by atoms with Gasteiger partial charge in [-0.2, -0.15) is 0 Å². The second kappa shape index (κ2) is 6.40. The predicted octanol–water partition coefficient (Wildman–Crippen LogP) is 4.70. The van der Waals surface area contributed by atoms with E-state index in [-0.39, 0.29) is 5.78 Å². The van der Waals surface area contributed by atoms with Crippen LogP contribution in [0.25, 0.3) is 11.1 Å². The summed E-state index contributed by atoms with van der Waals surface area (Å²) in [6, 6.07) is 28.8. The van der Waals surface area contributed by atoms with E-state index in [0.29, 0.717) is 11.1 Å². The maximum absolute atomic E-state index is 13.3. The van der Waals surface area contributed by atoms with Gasteiger partial charge in [0.1, 0.15) is 5.60 Å². The van der Waals surface area contributed by atoms with Crippen LogP contribution in [0.1, 0.15) is 23.6 Å². The summed E-state index contributed by atoms with van der Waals surface area (Å²) in [5, 5.41) is 11.9. The third-order valence-electron chi connectivity index (χ3n) is 5.24. The molecule has 2 nitrogen and oxygen atoms in total. The lowest BCUT2D eigenvalue weighted by atomic mass is 9.78. The summed E-state index contributed by atoms with van der Waals surface area (Å²) in [4.78, 5) is 13.3. The van der Waals surface area contributed by atoms with Crippen molar-refractivity contribution in [1.29, 1.82) is 0 Å². The van der Waals surface area contributed by atoms with Gasteiger partial charge in [0.15, 0.2) is 5.78 Å². The van der Waals surface area contributed by atoms with Crippen molar-refractivity contribution in [3.8, 4) is 0 Å². The highest BCUT2D eigenvalue weighted by Crippen LogP contribution is 2.52. The Kier molecular flexibility index (Phi) is 4.06. The number of hydrogen-bond acceptors (Lipinski definition) is 2. The summed E-state index contributed by atoms with van der Waals surface area (Å²) < 4.78 is 0. The first-order valence-corrected chi connectivity index (χ1v) is 8.81. The van der Waals surface area contributed by atoms with E-state index < -0.39 is 11.5 Å². The molecule has 1 N–H and O–H groups in total. The molecule has 4 rings (SSSR count). The zero-order valence-electron chi connectivity index (χ0n) is 14.6. The monoisotopic (exact) mass is 340 g/mol. The zero-order valence-corrected chi connectivity index (χ0v) is 14.6. The molecule has 0 amide bonds. The number of hydrogen-bond donors (Lipinski definition) is 1. The third kappa shape index (κ3) is 2.42. The van der Waals surface area contributed by atoms with Crippen LogP contribution in [0, 0.1) is 5.92 Å². The fourth-order valence-corrected chi connectivity index (χ4v) is 3.88. The van der Waals surface area contributed by atoms with Crippen LogP contribution in [-0.2, 0) is 10.4 Å². The number of benzene rings is 3. The van der Waals surface area contributed by atoms with Gasteiger partial charge in [-0.25, -0.2) is 0 Å². The molecule has 2 heteroatoms.